The molecule has 0 aliphatic carbocycles. The van der Waals surface area contributed by atoms with Crippen molar-refractivity contribution < 1.29 is 19.1 Å². The quantitative estimate of drug-likeness (QED) is 0.245. The summed E-state index contributed by atoms with van der Waals surface area (Å²) in [5.41, 5.74) is 8.82. The second kappa shape index (κ2) is 9.97. The Labute approximate surface area is 238 Å². The van der Waals surface area contributed by atoms with E-state index >= 15 is 0 Å². The normalized spacial score (nSPS) is 16.1. The number of carboxylic acids is 1. The molecule has 3 heterocycles. The molecular formula is C30H24ClFN6O3. The van der Waals surface area contributed by atoms with E-state index in [9.17, 15) is 14.0 Å². The molecule has 1 aliphatic rings. The fourth-order valence-electron chi connectivity index (χ4n) is 5.27. The van der Waals surface area contributed by atoms with Crippen LogP contribution in [-0.2, 0) is 28.0 Å². The summed E-state index contributed by atoms with van der Waals surface area (Å²) >= 11 is 6.29. The molecule has 0 spiro atoms. The Kier molecular flexibility index (Phi) is 6.42. The third-order valence-corrected chi connectivity index (χ3v) is 7.72. The minimum atomic E-state index is -1.16. The fourth-order valence-corrected chi connectivity index (χ4v) is 5.43. The van der Waals surface area contributed by atoms with Gasteiger partial charge in [-0.15, -0.1) is 0 Å². The number of nitrogens with two attached hydrogens (primary N) is 1. The highest BCUT2D eigenvalue weighted by Gasteiger charge is 2.47. The predicted octanol–water partition coefficient (Wildman–Crippen LogP) is 5.19. The summed E-state index contributed by atoms with van der Waals surface area (Å²) in [5.74, 6) is -0.944. The molecule has 41 heavy (non-hydrogen) atoms. The summed E-state index contributed by atoms with van der Waals surface area (Å²) in [6.07, 6.45) is 0.396. The molecule has 5 aromatic rings. The van der Waals surface area contributed by atoms with E-state index in [2.05, 4.69) is 15.3 Å². The molecule has 6 rings (SSSR count). The number of anilines is 2. The van der Waals surface area contributed by atoms with Gasteiger partial charge >= 0.3 is 5.97 Å². The summed E-state index contributed by atoms with van der Waals surface area (Å²) in [7, 11) is 0. The monoisotopic (exact) mass is 570 g/mol. The maximum atomic E-state index is 14.5. The molecule has 0 bridgehead atoms. The standard InChI is InChI=1S/C30H24ClFN6O3/c1-30(18-9-6-16(7-10-18)8-13-23(39)40)24-26(33)34-28(35-27(24)36-29(30)41)25-20-12-11-19(31)14-22(20)38(37-25)15-17-4-2-3-5-21(17)32/h2-7,9-12,14H,8,13,15H2,1H3,(H,39,40)(H3,33,34,35,36,41)/t30-/m1/s1. The van der Waals surface area contributed by atoms with Gasteiger partial charge in [0.2, 0.25) is 5.91 Å². The molecule has 1 aliphatic heterocycles. The minimum absolute atomic E-state index is 0.0143. The highest BCUT2D eigenvalue weighted by atomic mass is 35.5. The van der Waals surface area contributed by atoms with Crippen LogP contribution in [0.5, 0.6) is 0 Å². The molecule has 4 N–H and O–H groups in total. The number of benzene rings is 3. The van der Waals surface area contributed by atoms with E-state index in [4.69, 9.17) is 27.5 Å². The van der Waals surface area contributed by atoms with Crippen molar-refractivity contribution in [2.45, 2.75) is 31.7 Å². The molecule has 2 aromatic heterocycles. The SMILES string of the molecule is C[C@]1(c2ccc(CCC(=O)O)cc2)C(=O)Nc2nc(-c3nn(Cc4ccccc4F)c4cc(Cl)ccc34)nc(N)c21. The summed E-state index contributed by atoms with van der Waals surface area (Å²) in [6.45, 7) is 1.90. The Hall–Kier alpha value is -4.83. The van der Waals surface area contributed by atoms with Crippen molar-refractivity contribution in [3.63, 3.8) is 0 Å². The van der Waals surface area contributed by atoms with E-state index in [-0.39, 0.29) is 42.2 Å². The number of aromatic nitrogens is 4. The summed E-state index contributed by atoms with van der Waals surface area (Å²) in [5, 5.41) is 17.7. The lowest BCUT2D eigenvalue weighted by molar-refractivity contribution is -0.137. The van der Waals surface area contributed by atoms with Crippen molar-refractivity contribution in [1.82, 2.24) is 19.7 Å². The van der Waals surface area contributed by atoms with Crippen molar-refractivity contribution >= 4 is 46.0 Å². The first-order valence-electron chi connectivity index (χ1n) is 12.9. The zero-order valence-corrected chi connectivity index (χ0v) is 22.6. The number of aliphatic carboxylic acids is 1. The van der Waals surface area contributed by atoms with Gasteiger partial charge < -0.3 is 16.2 Å². The van der Waals surface area contributed by atoms with Crippen LogP contribution >= 0.6 is 11.6 Å². The Bertz CT molecular complexity index is 1860. The maximum absolute atomic E-state index is 14.5. The van der Waals surface area contributed by atoms with Crippen molar-refractivity contribution in [2.24, 2.45) is 0 Å². The van der Waals surface area contributed by atoms with Gasteiger partial charge in [0.25, 0.3) is 0 Å². The molecule has 0 unspecified atom stereocenters. The van der Waals surface area contributed by atoms with Crippen molar-refractivity contribution in [3.05, 3.63) is 99.8 Å². The van der Waals surface area contributed by atoms with Crippen LogP contribution in [0, 0.1) is 5.82 Å². The average molecular weight is 571 g/mol. The number of nitrogens with zero attached hydrogens (tertiary/aromatic N) is 4. The van der Waals surface area contributed by atoms with E-state index in [0.717, 1.165) is 5.56 Å². The van der Waals surface area contributed by atoms with Crippen LogP contribution in [0.4, 0.5) is 16.0 Å². The Morgan fingerprint density at radius 3 is 2.61 bits per heavy atom. The number of carboxylic acid groups (broad SMARTS) is 1. The second-order valence-corrected chi connectivity index (χ2v) is 10.5. The lowest BCUT2D eigenvalue weighted by Gasteiger charge is -2.23. The van der Waals surface area contributed by atoms with Crippen LogP contribution in [0.15, 0.2) is 66.7 Å². The Morgan fingerprint density at radius 1 is 1.12 bits per heavy atom. The molecule has 0 fully saturated rings. The van der Waals surface area contributed by atoms with Gasteiger partial charge in [-0.1, -0.05) is 54.1 Å². The van der Waals surface area contributed by atoms with Gasteiger partial charge in [-0.3, -0.25) is 14.3 Å². The van der Waals surface area contributed by atoms with Gasteiger partial charge in [0.05, 0.1) is 17.6 Å². The van der Waals surface area contributed by atoms with Crippen molar-refractivity contribution in [1.29, 1.82) is 0 Å². The van der Waals surface area contributed by atoms with E-state index in [0.29, 0.717) is 44.7 Å². The number of aryl methyl sites for hydroxylation is 1. The first-order valence-corrected chi connectivity index (χ1v) is 13.2. The van der Waals surface area contributed by atoms with E-state index in [1.165, 1.54) is 6.07 Å². The van der Waals surface area contributed by atoms with E-state index in [1.54, 1.807) is 72.3 Å². The third kappa shape index (κ3) is 4.55. The van der Waals surface area contributed by atoms with Gasteiger partial charge in [-0.2, -0.15) is 5.10 Å². The molecule has 0 saturated carbocycles. The minimum Gasteiger partial charge on any atom is -0.481 e. The van der Waals surface area contributed by atoms with Gasteiger partial charge in [-0.05, 0) is 48.7 Å². The smallest absolute Gasteiger partial charge is 0.303 e. The molecule has 3 aromatic carbocycles. The van der Waals surface area contributed by atoms with Crippen LogP contribution in [0.1, 0.15) is 35.6 Å². The maximum Gasteiger partial charge on any atom is 0.303 e. The zero-order chi connectivity index (χ0) is 28.9. The first-order chi connectivity index (χ1) is 19.6. The van der Waals surface area contributed by atoms with E-state index < -0.39 is 11.4 Å². The number of nitrogen functional groups attached to an aromatic ring is 1. The Balaban J connectivity index is 1.41. The highest BCUT2D eigenvalue weighted by molar-refractivity contribution is 6.31. The molecule has 0 radical (unpaired) electrons. The molecule has 11 heteroatoms. The zero-order valence-electron chi connectivity index (χ0n) is 21.9. The summed E-state index contributed by atoms with van der Waals surface area (Å²) in [4.78, 5) is 33.5. The topological polar surface area (TPSA) is 136 Å². The fraction of sp³-hybridized carbons (Fsp3) is 0.167. The largest absolute Gasteiger partial charge is 0.481 e. The molecule has 9 nitrogen and oxygen atoms in total. The first kappa shape index (κ1) is 26.4. The molecule has 1 amide bonds. The lowest BCUT2D eigenvalue weighted by Crippen LogP contribution is -2.33. The number of rotatable bonds is 7. The molecule has 0 saturated heterocycles. The number of hydrogen-bond acceptors (Lipinski definition) is 6. The number of nitrogens with one attached hydrogen (secondary N) is 1. The van der Waals surface area contributed by atoms with Crippen LogP contribution in [0.2, 0.25) is 5.02 Å². The van der Waals surface area contributed by atoms with E-state index in [1.807, 2.05) is 0 Å². The number of carbonyl (C=O) groups excluding carboxylic acids is 1. The van der Waals surface area contributed by atoms with Crippen LogP contribution in [0.3, 0.4) is 0 Å². The Morgan fingerprint density at radius 2 is 1.88 bits per heavy atom. The lowest BCUT2D eigenvalue weighted by atomic mass is 9.77. The van der Waals surface area contributed by atoms with Gasteiger partial charge in [0, 0.05) is 22.4 Å². The number of amides is 1. The second-order valence-electron chi connectivity index (χ2n) is 10.1. The number of halogens is 2. The molecule has 206 valence electrons. The summed E-state index contributed by atoms with van der Waals surface area (Å²) in [6, 6.07) is 18.9. The van der Waals surface area contributed by atoms with Crippen molar-refractivity contribution in [2.75, 3.05) is 11.1 Å². The van der Waals surface area contributed by atoms with Crippen LogP contribution in [-0.4, -0.2) is 36.7 Å². The van der Waals surface area contributed by atoms with Gasteiger partial charge in [0.1, 0.15) is 28.6 Å². The molecule has 1 atom stereocenters. The van der Waals surface area contributed by atoms with Crippen LogP contribution < -0.4 is 11.1 Å². The van der Waals surface area contributed by atoms with Gasteiger partial charge in [0.15, 0.2) is 5.82 Å². The third-order valence-electron chi connectivity index (χ3n) is 7.49. The number of carbonyl (C=O) groups is 2. The van der Waals surface area contributed by atoms with Crippen LogP contribution in [0.25, 0.3) is 22.4 Å². The number of hydrogen-bond donors (Lipinski definition) is 3. The predicted molar refractivity (Wildman–Crippen MR) is 153 cm³/mol. The number of fused-ring (bicyclic) bond motifs is 2. The summed E-state index contributed by atoms with van der Waals surface area (Å²) < 4.78 is 16.1. The average Bonchev–Trinajstić information content (AvgIpc) is 3.43. The van der Waals surface area contributed by atoms with Crippen molar-refractivity contribution in [3.8, 4) is 11.5 Å². The van der Waals surface area contributed by atoms with Gasteiger partial charge in [-0.25, -0.2) is 14.4 Å². The molecular weight excluding hydrogens is 547 g/mol. The highest BCUT2D eigenvalue weighted by Crippen LogP contribution is 2.45.